The molecule has 0 aliphatic heterocycles. The van der Waals surface area contributed by atoms with Gasteiger partial charge in [-0.3, -0.25) is 9.59 Å². The van der Waals surface area contributed by atoms with Crippen LogP contribution in [0.4, 0.5) is 0 Å². The molecule has 0 radical (unpaired) electrons. The lowest BCUT2D eigenvalue weighted by Crippen LogP contribution is -2.35. The number of carboxylic acid groups (broad SMARTS) is 1. The third kappa shape index (κ3) is 5.71. The number of carbonyl (C=O) groups is 3. The summed E-state index contributed by atoms with van der Waals surface area (Å²) in [5, 5.41) is 14.1. The second-order valence-corrected chi connectivity index (χ2v) is 6.74. The van der Waals surface area contributed by atoms with E-state index in [4.69, 9.17) is 0 Å². The average molecular weight is 370 g/mol. The van der Waals surface area contributed by atoms with Gasteiger partial charge in [0.15, 0.2) is 0 Å². The normalized spacial score (nSPS) is 11.8. The zero-order valence-electron chi connectivity index (χ0n) is 14.3. The summed E-state index contributed by atoms with van der Waals surface area (Å²) in [6.07, 6.45) is 2.86. The molecular weight excluding hydrogens is 352 g/mol. The van der Waals surface area contributed by atoms with Crippen molar-refractivity contribution < 1.29 is 19.5 Å². The van der Waals surface area contributed by atoms with Crippen molar-refractivity contribution in [3.63, 3.8) is 0 Å². The Morgan fingerprint density at radius 1 is 0.962 bits per heavy atom. The Hall–Kier alpha value is -3.19. The maximum atomic E-state index is 12.5. The van der Waals surface area contributed by atoms with Gasteiger partial charge in [-0.15, -0.1) is 11.3 Å². The van der Waals surface area contributed by atoms with Gasteiger partial charge in [0.05, 0.1) is 0 Å². The van der Waals surface area contributed by atoms with Gasteiger partial charge in [0.25, 0.3) is 5.91 Å². The Labute approximate surface area is 154 Å². The summed E-state index contributed by atoms with van der Waals surface area (Å²) < 4.78 is 0. The van der Waals surface area contributed by atoms with E-state index in [0.717, 1.165) is 4.88 Å². The van der Waals surface area contributed by atoms with Crippen LogP contribution < -0.4 is 10.6 Å². The topological polar surface area (TPSA) is 95.5 Å². The fraction of sp³-hybridized carbons (Fsp3) is 0.105. The number of thiophene rings is 1. The van der Waals surface area contributed by atoms with Crippen LogP contribution in [0.1, 0.15) is 22.2 Å². The van der Waals surface area contributed by atoms with Crippen molar-refractivity contribution in [1.29, 1.82) is 0 Å². The molecule has 6 nitrogen and oxygen atoms in total. The maximum Gasteiger partial charge on any atom is 0.352 e. The van der Waals surface area contributed by atoms with Crippen molar-refractivity contribution in [2.75, 3.05) is 0 Å². The van der Waals surface area contributed by atoms with Crippen LogP contribution in [0.15, 0.2) is 53.9 Å². The number of nitrogens with one attached hydrogen (secondary N) is 2. The summed E-state index contributed by atoms with van der Waals surface area (Å²) in [7, 11) is 0. The Bertz CT molecular complexity index is 882. The number of hydrogen-bond donors (Lipinski definition) is 3. The number of benzene rings is 1. The van der Waals surface area contributed by atoms with Crippen molar-refractivity contribution in [2.24, 2.45) is 0 Å². The third-order valence-electron chi connectivity index (χ3n) is 3.19. The minimum Gasteiger partial charge on any atom is -0.477 e. The van der Waals surface area contributed by atoms with Gasteiger partial charge in [0.1, 0.15) is 11.4 Å². The first kappa shape index (κ1) is 19.1. The van der Waals surface area contributed by atoms with E-state index >= 15 is 0 Å². The van der Waals surface area contributed by atoms with E-state index in [0.29, 0.717) is 10.4 Å². The monoisotopic (exact) mass is 370 g/mol. The van der Waals surface area contributed by atoms with Gasteiger partial charge in [-0.1, -0.05) is 30.3 Å². The van der Waals surface area contributed by atoms with Gasteiger partial charge in [-0.05, 0) is 36.8 Å². The molecule has 1 heterocycles. The molecule has 3 N–H and O–H groups in total. The van der Waals surface area contributed by atoms with Gasteiger partial charge in [0, 0.05) is 16.7 Å². The molecule has 0 saturated carbocycles. The number of aliphatic carboxylic acids is 1. The highest BCUT2D eigenvalue weighted by molar-refractivity contribution is 7.12. The highest BCUT2D eigenvalue weighted by Gasteiger charge is 2.17. The Morgan fingerprint density at radius 3 is 2.19 bits per heavy atom. The molecule has 1 aromatic heterocycles. The second-order valence-electron chi connectivity index (χ2n) is 5.42. The summed E-state index contributed by atoms with van der Waals surface area (Å²) in [6.45, 7) is 3.17. The number of carboxylic acids is 1. The molecule has 2 aromatic rings. The molecule has 2 amide bonds. The Morgan fingerprint density at radius 2 is 1.65 bits per heavy atom. The van der Waals surface area contributed by atoms with Crippen LogP contribution in [0.2, 0.25) is 0 Å². The van der Waals surface area contributed by atoms with Gasteiger partial charge >= 0.3 is 5.97 Å². The first-order valence-electron chi connectivity index (χ1n) is 7.72. The SMILES string of the molecule is CC(=O)NC(=Cc1ccccc1)C(=O)NC(=Cc1ccc(C)s1)C(=O)O. The predicted octanol–water partition coefficient (Wildman–Crippen LogP) is 2.78. The van der Waals surface area contributed by atoms with Crippen molar-refractivity contribution in [1.82, 2.24) is 10.6 Å². The van der Waals surface area contributed by atoms with Crippen LogP contribution in [-0.2, 0) is 14.4 Å². The average Bonchev–Trinajstić information content (AvgIpc) is 2.99. The van der Waals surface area contributed by atoms with Crippen LogP contribution in [0.25, 0.3) is 12.2 Å². The van der Waals surface area contributed by atoms with Gasteiger partial charge in [0.2, 0.25) is 5.91 Å². The molecule has 0 aliphatic carbocycles. The summed E-state index contributed by atoms with van der Waals surface area (Å²) in [4.78, 5) is 37.1. The Kier molecular flexibility index (Phi) is 6.46. The lowest BCUT2D eigenvalue weighted by Gasteiger charge is -2.10. The Balaban J connectivity index is 2.29. The van der Waals surface area contributed by atoms with Crippen molar-refractivity contribution in [3.05, 3.63) is 69.2 Å². The summed E-state index contributed by atoms with van der Waals surface area (Å²) >= 11 is 1.41. The molecule has 0 atom stereocenters. The quantitative estimate of drug-likeness (QED) is 0.682. The van der Waals surface area contributed by atoms with Crippen LogP contribution in [-0.4, -0.2) is 22.9 Å². The minimum absolute atomic E-state index is 0.0433. The van der Waals surface area contributed by atoms with E-state index in [1.807, 2.05) is 19.1 Å². The molecule has 134 valence electrons. The lowest BCUT2D eigenvalue weighted by molar-refractivity contribution is -0.134. The molecule has 0 bridgehead atoms. The van der Waals surface area contributed by atoms with Gasteiger partial charge in [-0.2, -0.15) is 0 Å². The number of aryl methyl sites for hydroxylation is 1. The molecule has 26 heavy (non-hydrogen) atoms. The van der Waals surface area contributed by atoms with E-state index < -0.39 is 17.8 Å². The fourth-order valence-corrected chi connectivity index (χ4v) is 2.90. The van der Waals surface area contributed by atoms with Crippen LogP contribution in [0, 0.1) is 6.92 Å². The smallest absolute Gasteiger partial charge is 0.352 e. The molecule has 0 fully saturated rings. The van der Waals surface area contributed by atoms with Crippen LogP contribution in [0.3, 0.4) is 0 Å². The van der Waals surface area contributed by atoms with Gasteiger partial charge < -0.3 is 15.7 Å². The molecular formula is C19H18N2O4S. The maximum absolute atomic E-state index is 12.5. The summed E-state index contributed by atoms with van der Waals surface area (Å²) in [5.41, 5.74) is 0.375. The van der Waals surface area contributed by atoms with Crippen LogP contribution >= 0.6 is 11.3 Å². The molecule has 1 aromatic carbocycles. The van der Waals surface area contributed by atoms with Crippen molar-refractivity contribution in [2.45, 2.75) is 13.8 Å². The molecule has 0 saturated heterocycles. The number of amides is 2. The third-order valence-corrected chi connectivity index (χ3v) is 4.14. The number of rotatable bonds is 6. The largest absolute Gasteiger partial charge is 0.477 e. The number of hydrogen-bond acceptors (Lipinski definition) is 4. The molecule has 2 rings (SSSR count). The fourth-order valence-electron chi connectivity index (χ4n) is 2.08. The van der Waals surface area contributed by atoms with E-state index in [1.54, 1.807) is 30.3 Å². The lowest BCUT2D eigenvalue weighted by atomic mass is 10.2. The van der Waals surface area contributed by atoms with Crippen LogP contribution in [0.5, 0.6) is 0 Å². The van der Waals surface area contributed by atoms with E-state index in [2.05, 4.69) is 10.6 Å². The molecule has 0 aliphatic rings. The molecule has 0 spiro atoms. The van der Waals surface area contributed by atoms with E-state index in [-0.39, 0.29) is 11.4 Å². The first-order chi connectivity index (χ1) is 12.3. The zero-order valence-corrected chi connectivity index (χ0v) is 15.1. The van der Waals surface area contributed by atoms with Crippen molar-refractivity contribution in [3.8, 4) is 0 Å². The standard InChI is InChI=1S/C19H18N2O4S/c1-12-8-9-15(26-12)11-17(19(24)25)21-18(23)16(20-13(2)22)10-14-6-4-3-5-7-14/h3-11H,1-2H3,(H,20,22)(H,21,23)(H,24,25). The first-order valence-corrected chi connectivity index (χ1v) is 8.54. The van der Waals surface area contributed by atoms with Gasteiger partial charge in [-0.25, -0.2) is 4.79 Å². The summed E-state index contributed by atoms with van der Waals surface area (Å²) in [6, 6.07) is 12.5. The number of carbonyl (C=O) groups excluding carboxylic acids is 2. The molecule has 7 heteroatoms. The van der Waals surface area contributed by atoms with E-state index in [9.17, 15) is 19.5 Å². The highest BCUT2D eigenvalue weighted by atomic mass is 32.1. The zero-order chi connectivity index (χ0) is 19.1. The second kappa shape index (κ2) is 8.77. The minimum atomic E-state index is -1.27. The highest BCUT2D eigenvalue weighted by Crippen LogP contribution is 2.18. The summed E-state index contributed by atoms with van der Waals surface area (Å²) in [5.74, 6) is -2.42. The predicted molar refractivity (Wildman–Crippen MR) is 101 cm³/mol. The molecule has 0 unspecified atom stereocenters. The van der Waals surface area contributed by atoms with Crippen molar-refractivity contribution >= 4 is 41.3 Å². The van der Waals surface area contributed by atoms with E-state index in [1.165, 1.54) is 30.4 Å².